The smallest absolute Gasteiger partial charge is 0.407 e. The van der Waals surface area contributed by atoms with Gasteiger partial charge in [-0.15, -0.1) is 0 Å². The molecule has 0 unspecified atom stereocenters. The number of hydrogen-bond donors (Lipinski definition) is 2. The number of nitriles is 1. The van der Waals surface area contributed by atoms with Crippen molar-refractivity contribution in [1.29, 1.82) is 5.26 Å². The molecule has 216 valence electrons. The van der Waals surface area contributed by atoms with Crippen LogP contribution in [0.2, 0.25) is 0 Å². The van der Waals surface area contributed by atoms with Crippen LogP contribution in [0.3, 0.4) is 0 Å². The molecule has 1 aliphatic carbocycles. The van der Waals surface area contributed by atoms with Crippen LogP contribution in [-0.4, -0.2) is 90.9 Å². The number of alkyl halides is 2. The van der Waals surface area contributed by atoms with Crippen molar-refractivity contribution >= 4 is 12.0 Å². The molecule has 3 N–H and O–H groups in total. The van der Waals surface area contributed by atoms with Crippen LogP contribution in [0.25, 0.3) is 5.73 Å². The Morgan fingerprint density at radius 2 is 1.72 bits per heavy atom. The number of carbonyl (C=O) groups excluding carboxylic acids is 1. The number of ether oxygens (including phenoxy) is 1. The number of benzene rings is 1. The highest BCUT2D eigenvalue weighted by atomic mass is 19.3. The summed E-state index contributed by atoms with van der Waals surface area (Å²) in [5, 5.41) is 20.2. The van der Waals surface area contributed by atoms with Gasteiger partial charge in [0.05, 0.1) is 12.7 Å². The second-order valence-electron chi connectivity index (χ2n) is 11.1. The maximum atomic E-state index is 13.9. The van der Waals surface area contributed by atoms with Crippen LogP contribution < -0.4 is 5.32 Å². The van der Waals surface area contributed by atoms with Crippen molar-refractivity contribution in [2.75, 3.05) is 46.4 Å². The zero-order chi connectivity index (χ0) is 28.5. The molecule has 1 aromatic carbocycles. The maximum Gasteiger partial charge on any atom is 0.407 e. The molecular formula is C28H40F2N5O4-. The van der Waals surface area contributed by atoms with E-state index in [1.54, 1.807) is 42.3 Å². The molecule has 1 aromatic rings. The minimum Gasteiger partial charge on any atom is -0.667 e. The minimum atomic E-state index is -3.13. The molecule has 1 spiro atoms. The number of nitrogens with one attached hydrogen (secondary N) is 2. The van der Waals surface area contributed by atoms with Crippen LogP contribution in [0.5, 0.6) is 0 Å². The van der Waals surface area contributed by atoms with Gasteiger partial charge in [0.25, 0.3) is 5.92 Å². The third-order valence-corrected chi connectivity index (χ3v) is 8.07. The van der Waals surface area contributed by atoms with Gasteiger partial charge in [0.1, 0.15) is 5.54 Å². The summed E-state index contributed by atoms with van der Waals surface area (Å²) < 4.78 is 32.9. The molecule has 1 saturated carbocycles. The summed E-state index contributed by atoms with van der Waals surface area (Å²) in [5.74, 6) is -3.93. The number of carbonyl (C=O) groups is 2. The molecule has 2 amide bonds. The summed E-state index contributed by atoms with van der Waals surface area (Å²) in [6.07, 6.45) is 3.42. The molecule has 2 aliphatic heterocycles. The monoisotopic (exact) mass is 548 g/mol. The van der Waals surface area contributed by atoms with Gasteiger partial charge in [0, 0.05) is 39.6 Å². The predicted molar refractivity (Wildman–Crippen MR) is 142 cm³/mol. The lowest BCUT2D eigenvalue weighted by molar-refractivity contribution is -0.124. The van der Waals surface area contributed by atoms with Gasteiger partial charge in [-0.2, -0.15) is 5.26 Å². The normalized spacial score (nSPS) is 20.7. The fourth-order valence-corrected chi connectivity index (χ4v) is 5.21. The summed E-state index contributed by atoms with van der Waals surface area (Å²) in [5.41, 5.74) is 7.53. The largest absolute Gasteiger partial charge is 0.667 e. The van der Waals surface area contributed by atoms with Crippen molar-refractivity contribution in [3.8, 4) is 6.07 Å². The van der Waals surface area contributed by atoms with Gasteiger partial charge in [-0.25, -0.2) is 13.6 Å². The van der Waals surface area contributed by atoms with Crippen molar-refractivity contribution in [3.63, 3.8) is 0 Å². The average molecular weight is 549 g/mol. The highest BCUT2D eigenvalue weighted by Gasteiger charge is 2.45. The van der Waals surface area contributed by atoms with E-state index in [0.29, 0.717) is 36.9 Å². The van der Waals surface area contributed by atoms with Gasteiger partial charge in [0.2, 0.25) is 5.91 Å². The van der Waals surface area contributed by atoms with Gasteiger partial charge in [-0.05, 0) is 62.6 Å². The molecule has 4 rings (SSSR count). The zero-order valence-corrected chi connectivity index (χ0v) is 22.6. The van der Waals surface area contributed by atoms with E-state index in [1.165, 1.54) is 12.8 Å². The van der Waals surface area contributed by atoms with E-state index in [0.717, 1.165) is 39.1 Å². The first-order chi connectivity index (χ1) is 18.5. The Bertz CT molecular complexity index is 981. The molecule has 1 atom stereocenters. The van der Waals surface area contributed by atoms with Crippen LogP contribution >= 0.6 is 0 Å². The number of rotatable bonds is 9. The summed E-state index contributed by atoms with van der Waals surface area (Å²) in [7, 11) is 1.74. The first-order valence-corrected chi connectivity index (χ1v) is 13.6. The molecule has 11 heteroatoms. The Labute approximate surface area is 229 Å². The third-order valence-electron chi connectivity index (χ3n) is 8.07. The molecule has 2 saturated heterocycles. The second-order valence-corrected chi connectivity index (χ2v) is 11.1. The van der Waals surface area contributed by atoms with E-state index in [2.05, 4.69) is 10.2 Å². The molecule has 0 aromatic heterocycles. The Hall–Kier alpha value is -2.81. The molecule has 0 radical (unpaired) electrons. The van der Waals surface area contributed by atoms with E-state index in [9.17, 15) is 18.4 Å². The Balaban J connectivity index is 0.000000218. The van der Waals surface area contributed by atoms with Crippen molar-refractivity contribution in [1.82, 2.24) is 15.1 Å². The fourth-order valence-electron chi connectivity index (χ4n) is 5.21. The molecule has 3 aliphatic rings. The van der Waals surface area contributed by atoms with Gasteiger partial charge < -0.3 is 30.7 Å². The van der Waals surface area contributed by atoms with Crippen LogP contribution in [0.4, 0.5) is 13.6 Å². The molecular weight excluding hydrogens is 508 g/mol. The average Bonchev–Trinajstić information content (AvgIpc) is 3.69. The number of piperidine rings is 2. The van der Waals surface area contributed by atoms with E-state index in [-0.39, 0.29) is 0 Å². The third kappa shape index (κ3) is 9.41. The molecule has 0 bridgehead atoms. The van der Waals surface area contributed by atoms with E-state index >= 15 is 0 Å². The van der Waals surface area contributed by atoms with E-state index < -0.39 is 42.3 Å². The quantitative estimate of drug-likeness (QED) is 0.472. The fraction of sp³-hybridized carbons (Fsp3) is 0.679. The lowest BCUT2D eigenvalue weighted by Crippen LogP contribution is -2.48. The minimum absolute atomic E-state index is 0.412. The van der Waals surface area contributed by atoms with Gasteiger partial charge in [-0.1, -0.05) is 36.4 Å². The number of amides is 2. The Morgan fingerprint density at radius 3 is 2.23 bits per heavy atom. The van der Waals surface area contributed by atoms with Crippen LogP contribution in [0.15, 0.2) is 30.3 Å². The lowest BCUT2D eigenvalue weighted by Gasteiger charge is -2.46. The SMILES string of the molecule is COCCN1CCC2(CC1)CCN(C(=O)O)CC2.N#CC1(NC(=O)[C@@H]([NH-])CC(F)(F)Cc2ccccc2)CC1. The first kappa shape index (κ1) is 30.7. The van der Waals surface area contributed by atoms with Crippen LogP contribution in [0.1, 0.15) is 50.5 Å². The molecule has 9 nitrogen and oxygen atoms in total. The lowest BCUT2D eigenvalue weighted by atomic mass is 9.71. The molecule has 2 heterocycles. The highest BCUT2D eigenvalue weighted by molar-refractivity contribution is 5.84. The predicted octanol–water partition coefficient (Wildman–Crippen LogP) is 4.34. The Kier molecular flexibility index (Phi) is 10.6. The van der Waals surface area contributed by atoms with Crippen molar-refractivity contribution in [3.05, 3.63) is 41.6 Å². The van der Waals surface area contributed by atoms with Crippen LogP contribution in [-0.2, 0) is 16.0 Å². The number of hydrogen-bond acceptors (Lipinski definition) is 5. The summed E-state index contributed by atoms with van der Waals surface area (Å²) in [6.45, 7) is 5.53. The van der Waals surface area contributed by atoms with Crippen LogP contribution in [0, 0.1) is 16.7 Å². The number of carboxylic acid groups (broad SMARTS) is 1. The van der Waals surface area contributed by atoms with E-state index in [1.807, 2.05) is 6.07 Å². The number of methoxy groups -OCH3 is 1. The number of nitrogens with zero attached hydrogens (tertiary/aromatic N) is 3. The maximum absolute atomic E-state index is 13.9. The second kappa shape index (κ2) is 13.5. The number of halogens is 2. The number of likely N-dealkylation sites (tertiary alicyclic amines) is 2. The molecule has 3 fully saturated rings. The Morgan fingerprint density at radius 1 is 1.13 bits per heavy atom. The molecule has 39 heavy (non-hydrogen) atoms. The zero-order valence-electron chi connectivity index (χ0n) is 22.6. The topological polar surface area (TPSA) is 130 Å². The highest BCUT2D eigenvalue weighted by Crippen LogP contribution is 2.41. The van der Waals surface area contributed by atoms with Gasteiger partial charge >= 0.3 is 6.09 Å². The van der Waals surface area contributed by atoms with Crippen molar-refractivity contribution in [2.24, 2.45) is 5.41 Å². The van der Waals surface area contributed by atoms with Crippen molar-refractivity contribution in [2.45, 2.75) is 68.9 Å². The summed E-state index contributed by atoms with van der Waals surface area (Å²) >= 11 is 0. The standard InChI is InChI=1S/C15H16F2N3O.C13H24N2O3/c16-15(17,8-11-4-2-1-3-5-11)9-12(19)13(21)20-14(10-18)6-7-14;1-18-11-10-14-6-2-13(3-7-14)4-8-15(9-5-13)12(16)17/h1-5,12,19H,6-9H2,(H,20,21);2-11H2,1H3,(H,16,17)/q-1;/t12-;/m0./s1. The van der Waals surface area contributed by atoms with Gasteiger partial charge in [-0.3, -0.25) is 4.79 Å². The first-order valence-electron chi connectivity index (χ1n) is 13.6. The van der Waals surface area contributed by atoms with E-state index in [4.69, 9.17) is 20.8 Å². The van der Waals surface area contributed by atoms with Gasteiger partial charge in [0.15, 0.2) is 0 Å². The summed E-state index contributed by atoms with van der Waals surface area (Å²) in [6, 6.07) is 8.60. The summed E-state index contributed by atoms with van der Waals surface area (Å²) in [4.78, 5) is 26.6. The van der Waals surface area contributed by atoms with Crippen molar-refractivity contribution < 1.29 is 28.2 Å².